The third kappa shape index (κ3) is 4.53. The Labute approximate surface area is 121 Å². The van der Waals surface area contributed by atoms with Crippen molar-refractivity contribution in [2.45, 2.75) is 44.2 Å². The number of rotatable bonds is 6. The van der Waals surface area contributed by atoms with Crippen LogP contribution in [-0.2, 0) is 11.2 Å². The summed E-state index contributed by atoms with van der Waals surface area (Å²) in [4.78, 5) is 0. The summed E-state index contributed by atoms with van der Waals surface area (Å²) in [6.45, 7) is 0.876. The smallest absolute Gasteiger partial charge is 0.123 e. The van der Waals surface area contributed by atoms with Gasteiger partial charge in [0, 0.05) is 17.1 Å². The molecule has 0 saturated carbocycles. The van der Waals surface area contributed by atoms with E-state index in [-0.39, 0.29) is 11.9 Å². The van der Waals surface area contributed by atoms with Gasteiger partial charge in [-0.05, 0) is 55.9 Å². The van der Waals surface area contributed by atoms with Crippen LogP contribution in [0.3, 0.4) is 0 Å². The summed E-state index contributed by atoms with van der Waals surface area (Å²) >= 11 is 3.45. The van der Waals surface area contributed by atoms with Gasteiger partial charge in [0.15, 0.2) is 0 Å². The van der Waals surface area contributed by atoms with Crippen LogP contribution in [-0.4, -0.2) is 18.8 Å². The first-order valence-electron chi connectivity index (χ1n) is 6.70. The topological polar surface area (TPSA) is 47.3 Å². The normalized spacial score (nSPS) is 20.7. The second kappa shape index (κ2) is 7.33. The average molecular weight is 331 g/mol. The van der Waals surface area contributed by atoms with E-state index >= 15 is 0 Å². The highest BCUT2D eigenvalue weighted by atomic mass is 79.9. The molecule has 0 radical (unpaired) electrons. The summed E-state index contributed by atoms with van der Waals surface area (Å²) < 4.78 is 19.8. The van der Waals surface area contributed by atoms with E-state index in [1.165, 1.54) is 6.07 Å². The Morgan fingerprint density at radius 1 is 1.53 bits per heavy atom. The Morgan fingerprint density at radius 2 is 2.37 bits per heavy atom. The summed E-state index contributed by atoms with van der Waals surface area (Å²) in [6, 6.07) is 4.88. The van der Waals surface area contributed by atoms with Crippen molar-refractivity contribution in [1.82, 2.24) is 5.43 Å². The molecule has 2 atom stereocenters. The number of hydrogen-bond acceptors (Lipinski definition) is 3. The molecule has 0 aliphatic carbocycles. The van der Waals surface area contributed by atoms with Crippen molar-refractivity contribution in [3.63, 3.8) is 0 Å². The molecule has 0 bridgehead atoms. The molecule has 0 spiro atoms. The van der Waals surface area contributed by atoms with E-state index in [0.717, 1.165) is 42.3 Å². The fourth-order valence-corrected chi connectivity index (χ4v) is 2.88. The number of nitrogens with two attached hydrogens (primary N) is 1. The van der Waals surface area contributed by atoms with Gasteiger partial charge in [-0.2, -0.15) is 0 Å². The van der Waals surface area contributed by atoms with E-state index in [4.69, 9.17) is 10.6 Å². The van der Waals surface area contributed by atoms with Gasteiger partial charge in [0.25, 0.3) is 0 Å². The molecule has 0 amide bonds. The molecule has 1 saturated heterocycles. The summed E-state index contributed by atoms with van der Waals surface area (Å²) in [6.07, 6.45) is 5.31. The first kappa shape index (κ1) is 14.9. The summed E-state index contributed by atoms with van der Waals surface area (Å²) in [5, 5.41) is 0. The molecule has 2 rings (SSSR count). The predicted octanol–water partition coefficient (Wildman–Crippen LogP) is 2.92. The lowest BCUT2D eigenvalue weighted by molar-refractivity contribution is 0.0996. The van der Waals surface area contributed by atoms with E-state index in [1.807, 2.05) is 0 Å². The lowest BCUT2D eigenvalue weighted by atomic mass is 10.00. The second-order valence-electron chi connectivity index (χ2n) is 5.02. The number of hydrogen-bond donors (Lipinski definition) is 2. The predicted molar refractivity (Wildman–Crippen MR) is 77.1 cm³/mol. The van der Waals surface area contributed by atoms with Gasteiger partial charge in [0.1, 0.15) is 5.82 Å². The fourth-order valence-electron chi connectivity index (χ4n) is 2.47. The molecule has 1 fully saturated rings. The van der Waals surface area contributed by atoms with Crippen LogP contribution in [0.5, 0.6) is 0 Å². The van der Waals surface area contributed by atoms with Crippen LogP contribution in [0.4, 0.5) is 4.39 Å². The first-order valence-corrected chi connectivity index (χ1v) is 7.50. The zero-order valence-corrected chi connectivity index (χ0v) is 12.5. The SMILES string of the molecule is NNC(CCC1CCCO1)Cc1cc(F)ccc1Br. The largest absolute Gasteiger partial charge is 0.378 e. The lowest BCUT2D eigenvalue weighted by Crippen LogP contribution is -2.37. The molecule has 19 heavy (non-hydrogen) atoms. The van der Waals surface area contributed by atoms with Crippen LogP contribution < -0.4 is 11.3 Å². The van der Waals surface area contributed by atoms with Crippen molar-refractivity contribution in [3.8, 4) is 0 Å². The van der Waals surface area contributed by atoms with Gasteiger partial charge < -0.3 is 4.74 Å². The first-order chi connectivity index (χ1) is 9.19. The Balaban J connectivity index is 1.88. The van der Waals surface area contributed by atoms with Gasteiger partial charge in [-0.15, -0.1) is 0 Å². The van der Waals surface area contributed by atoms with E-state index in [0.29, 0.717) is 12.5 Å². The molecule has 1 aliphatic rings. The molecular weight excluding hydrogens is 311 g/mol. The van der Waals surface area contributed by atoms with Crippen molar-refractivity contribution in [2.75, 3.05) is 6.61 Å². The average Bonchev–Trinajstić information content (AvgIpc) is 2.91. The molecule has 2 unspecified atom stereocenters. The van der Waals surface area contributed by atoms with Crippen molar-refractivity contribution in [1.29, 1.82) is 0 Å². The molecule has 0 aromatic heterocycles. The van der Waals surface area contributed by atoms with Crippen LogP contribution in [0, 0.1) is 5.82 Å². The highest BCUT2D eigenvalue weighted by molar-refractivity contribution is 9.10. The van der Waals surface area contributed by atoms with E-state index in [9.17, 15) is 4.39 Å². The van der Waals surface area contributed by atoms with Crippen molar-refractivity contribution in [3.05, 3.63) is 34.1 Å². The Hall–Kier alpha value is -0.490. The molecule has 1 aromatic carbocycles. The summed E-state index contributed by atoms with van der Waals surface area (Å²) in [5.74, 6) is 5.38. The maximum atomic E-state index is 13.2. The molecule has 106 valence electrons. The monoisotopic (exact) mass is 330 g/mol. The Morgan fingerprint density at radius 3 is 3.05 bits per heavy atom. The molecule has 3 N–H and O–H groups in total. The van der Waals surface area contributed by atoms with E-state index in [1.54, 1.807) is 12.1 Å². The lowest BCUT2D eigenvalue weighted by Gasteiger charge is -2.18. The summed E-state index contributed by atoms with van der Waals surface area (Å²) in [7, 11) is 0. The van der Waals surface area contributed by atoms with Crippen LogP contribution in [0.2, 0.25) is 0 Å². The Bertz CT molecular complexity index is 410. The zero-order chi connectivity index (χ0) is 13.7. The third-order valence-electron chi connectivity index (χ3n) is 3.57. The second-order valence-corrected chi connectivity index (χ2v) is 5.87. The van der Waals surface area contributed by atoms with Gasteiger partial charge in [-0.3, -0.25) is 11.3 Å². The fraction of sp³-hybridized carbons (Fsp3) is 0.571. The molecule has 5 heteroatoms. The van der Waals surface area contributed by atoms with Gasteiger partial charge in [-0.25, -0.2) is 4.39 Å². The van der Waals surface area contributed by atoms with Crippen molar-refractivity contribution < 1.29 is 9.13 Å². The van der Waals surface area contributed by atoms with Gasteiger partial charge >= 0.3 is 0 Å². The number of halogens is 2. The third-order valence-corrected chi connectivity index (χ3v) is 4.34. The number of nitrogens with one attached hydrogen (secondary N) is 1. The van der Waals surface area contributed by atoms with Crippen LogP contribution in [0.15, 0.2) is 22.7 Å². The van der Waals surface area contributed by atoms with Crippen LogP contribution in [0.1, 0.15) is 31.2 Å². The minimum absolute atomic E-state index is 0.141. The maximum Gasteiger partial charge on any atom is 0.123 e. The molecular formula is C14H20BrFN2O. The van der Waals surface area contributed by atoms with Crippen LogP contribution >= 0.6 is 15.9 Å². The zero-order valence-electron chi connectivity index (χ0n) is 10.9. The molecule has 1 aliphatic heterocycles. The van der Waals surface area contributed by atoms with Crippen molar-refractivity contribution >= 4 is 15.9 Å². The minimum atomic E-state index is -0.215. The number of hydrazine groups is 1. The van der Waals surface area contributed by atoms with E-state index < -0.39 is 0 Å². The molecule has 1 heterocycles. The minimum Gasteiger partial charge on any atom is -0.378 e. The van der Waals surface area contributed by atoms with Gasteiger partial charge in [-0.1, -0.05) is 15.9 Å². The molecule has 1 aromatic rings. The molecule has 3 nitrogen and oxygen atoms in total. The van der Waals surface area contributed by atoms with Crippen LogP contribution in [0.25, 0.3) is 0 Å². The maximum absolute atomic E-state index is 13.2. The number of ether oxygens (including phenoxy) is 1. The van der Waals surface area contributed by atoms with Gasteiger partial charge in [0.05, 0.1) is 6.10 Å². The highest BCUT2D eigenvalue weighted by Crippen LogP contribution is 2.22. The standard InChI is InChI=1S/C14H20BrFN2O/c15-14-6-3-11(16)8-10(14)9-12(18-17)4-5-13-2-1-7-19-13/h3,6,8,12-13,18H,1-2,4-5,7,9,17H2. The number of benzene rings is 1. The Kier molecular flexibility index (Phi) is 5.76. The van der Waals surface area contributed by atoms with Gasteiger partial charge in [0.2, 0.25) is 0 Å². The van der Waals surface area contributed by atoms with Crippen molar-refractivity contribution in [2.24, 2.45) is 5.84 Å². The van der Waals surface area contributed by atoms with E-state index in [2.05, 4.69) is 21.4 Å². The summed E-state index contributed by atoms with van der Waals surface area (Å²) in [5.41, 5.74) is 3.76. The quantitative estimate of drug-likeness (QED) is 0.622. The highest BCUT2D eigenvalue weighted by Gasteiger charge is 2.18.